The molecule has 25 heavy (non-hydrogen) atoms. The van der Waals surface area contributed by atoms with E-state index >= 15 is 0 Å². The molecule has 2 N–H and O–H groups in total. The number of carbonyl (C=O) groups excluding carboxylic acids is 2. The number of methoxy groups -OCH3 is 2. The van der Waals surface area contributed by atoms with Crippen LogP contribution in [0.1, 0.15) is 22.3 Å². The van der Waals surface area contributed by atoms with E-state index in [0.717, 1.165) is 5.56 Å². The number of amides is 2. The van der Waals surface area contributed by atoms with E-state index in [0.29, 0.717) is 23.6 Å². The Balaban J connectivity index is 1.78. The Kier molecular flexibility index (Phi) is 6.83. The summed E-state index contributed by atoms with van der Waals surface area (Å²) in [6.07, 6.45) is 0.199. The second kappa shape index (κ2) is 9.32. The highest BCUT2D eigenvalue weighted by molar-refractivity contribution is 5.94. The maximum Gasteiger partial charge on any atom is 0.251 e. The van der Waals surface area contributed by atoms with Crippen LogP contribution >= 0.6 is 0 Å². The zero-order chi connectivity index (χ0) is 18.1. The van der Waals surface area contributed by atoms with Crippen molar-refractivity contribution in [2.75, 3.05) is 20.8 Å². The van der Waals surface area contributed by atoms with Crippen LogP contribution in [0.25, 0.3) is 0 Å². The summed E-state index contributed by atoms with van der Waals surface area (Å²) in [7, 11) is 3.16. The van der Waals surface area contributed by atoms with Crippen molar-refractivity contribution in [1.82, 2.24) is 10.6 Å². The summed E-state index contributed by atoms with van der Waals surface area (Å²) in [6.45, 7) is 0.598. The second-order valence-electron chi connectivity index (χ2n) is 5.33. The van der Waals surface area contributed by atoms with Gasteiger partial charge >= 0.3 is 0 Å². The molecule has 2 amide bonds. The molecule has 2 aromatic rings. The lowest BCUT2D eigenvalue weighted by Crippen LogP contribution is -2.30. The predicted molar refractivity (Wildman–Crippen MR) is 94.8 cm³/mol. The quantitative estimate of drug-likeness (QED) is 0.771. The first kappa shape index (κ1) is 18.3. The van der Waals surface area contributed by atoms with Crippen LogP contribution in [-0.4, -0.2) is 32.6 Å². The van der Waals surface area contributed by atoms with Gasteiger partial charge in [-0.2, -0.15) is 0 Å². The molecule has 2 rings (SSSR count). The fourth-order valence-electron chi connectivity index (χ4n) is 2.28. The highest BCUT2D eigenvalue weighted by Gasteiger charge is 2.09. The lowest BCUT2D eigenvalue weighted by atomic mass is 10.2. The summed E-state index contributed by atoms with van der Waals surface area (Å²) >= 11 is 0. The van der Waals surface area contributed by atoms with Crippen molar-refractivity contribution >= 4 is 11.8 Å². The maximum absolute atomic E-state index is 12.0. The van der Waals surface area contributed by atoms with Gasteiger partial charge in [0.1, 0.15) is 11.5 Å². The number of hydrogen-bond donors (Lipinski definition) is 2. The Morgan fingerprint density at radius 1 is 0.960 bits per heavy atom. The molecular weight excluding hydrogens is 320 g/mol. The first-order chi connectivity index (χ1) is 12.1. The largest absolute Gasteiger partial charge is 0.497 e. The summed E-state index contributed by atoms with van der Waals surface area (Å²) in [5, 5.41) is 5.54. The van der Waals surface area contributed by atoms with Crippen LogP contribution in [0.4, 0.5) is 0 Å². The van der Waals surface area contributed by atoms with Crippen molar-refractivity contribution in [2.24, 2.45) is 0 Å². The topological polar surface area (TPSA) is 76.7 Å². The minimum Gasteiger partial charge on any atom is -0.497 e. The molecule has 0 aliphatic rings. The molecule has 0 atom stereocenters. The normalized spacial score (nSPS) is 10.0. The van der Waals surface area contributed by atoms with E-state index < -0.39 is 0 Å². The molecule has 0 unspecified atom stereocenters. The maximum atomic E-state index is 12.0. The summed E-state index contributed by atoms with van der Waals surface area (Å²) in [5.74, 6) is 1.03. The molecule has 0 fully saturated rings. The van der Waals surface area contributed by atoms with E-state index in [1.165, 1.54) is 0 Å². The van der Waals surface area contributed by atoms with Crippen molar-refractivity contribution in [3.63, 3.8) is 0 Å². The second-order valence-corrected chi connectivity index (χ2v) is 5.33. The van der Waals surface area contributed by atoms with Gasteiger partial charge in [-0.3, -0.25) is 9.59 Å². The molecule has 0 spiro atoms. The Bertz CT molecular complexity index is 717. The fraction of sp³-hybridized carbons (Fsp3) is 0.263. The molecule has 0 saturated carbocycles. The van der Waals surface area contributed by atoms with Crippen molar-refractivity contribution in [2.45, 2.75) is 13.0 Å². The standard InChI is InChI=1S/C19H22N2O4/c1-24-16-8-9-17(25-2)15(12-16)13-21-18(22)10-11-20-19(23)14-6-4-3-5-7-14/h3-9,12H,10-11,13H2,1-2H3,(H,20,23)(H,21,22). The lowest BCUT2D eigenvalue weighted by molar-refractivity contribution is -0.121. The molecular formula is C19H22N2O4. The third kappa shape index (κ3) is 5.53. The zero-order valence-corrected chi connectivity index (χ0v) is 14.4. The Morgan fingerprint density at radius 3 is 2.40 bits per heavy atom. The van der Waals surface area contributed by atoms with Crippen LogP contribution in [0.15, 0.2) is 48.5 Å². The van der Waals surface area contributed by atoms with Crippen LogP contribution in [0, 0.1) is 0 Å². The van der Waals surface area contributed by atoms with Crippen molar-refractivity contribution < 1.29 is 19.1 Å². The van der Waals surface area contributed by atoms with Gasteiger partial charge < -0.3 is 20.1 Å². The van der Waals surface area contributed by atoms with Crippen LogP contribution in [0.5, 0.6) is 11.5 Å². The number of rotatable bonds is 8. The molecule has 0 heterocycles. The first-order valence-electron chi connectivity index (χ1n) is 7.95. The van der Waals surface area contributed by atoms with Crippen molar-refractivity contribution in [3.8, 4) is 11.5 Å². The number of nitrogens with one attached hydrogen (secondary N) is 2. The fourth-order valence-corrected chi connectivity index (χ4v) is 2.28. The van der Waals surface area contributed by atoms with E-state index in [4.69, 9.17) is 9.47 Å². The zero-order valence-electron chi connectivity index (χ0n) is 14.4. The Labute approximate surface area is 147 Å². The Morgan fingerprint density at radius 2 is 1.72 bits per heavy atom. The van der Waals surface area contributed by atoms with Crippen LogP contribution < -0.4 is 20.1 Å². The van der Waals surface area contributed by atoms with Crippen LogP contribution in [0.3, 0.4) is 0 Å². The van der Waals surface area contributed by atoms with E-state index in [9.17, 15) is 9.59 Å². The van der Waals surface area contributed by atoms with Gasteiger partial charge in [0.2, 0.25) is 5.91 Å². The number of ether oxygens (including phenoxy) is 2. The summed E-state index contributed by atoms with van der Waals surface area (Å²) in [4.78, 5) is 23.8. The number of carbonyl (C=O) groups is 2. The van der Waals surface area contributed by atoms with Gasteiger partial charge in [0.15, 0.2) is 0 Å². The molecule has 0 aromatic heterocycles. The van der Waals surface area contributed by atoms with Crippen molar-refractivity contribution in [3.05, 3.63) is 59.7 Å². The minimum absolute atomic E-state index is 0.154. The van der Waals surface area contributed by atoms with Gasteiger partial charge in [-0.15, -0.1) is 0 Å². The minimum atomic E-state index is -0.192. The number of hydrogen-bond acceptors (Lipinski definition) is 4. The predicted octanol–water partition coefficient (Wildman–Crippen LogP) is 2.14. The number of benzene rings is 2. The molecule has 0 bridgehead atoms. The smallest absolute Gasteiger partial charge is 0.251 e. The average Bonchev–Trinajstić information content (AvgIpc) is 2.66. The Hall–Kier alpha value is -3.02. The molecule has 2 aromatic carbocycles. The average molecular weight is 342 g/mol. The highest BCUT2D eigenvalue weighted by Crippen LogP contribution is 2.23. The van der Waals surface area contributed by atoms with E-state index in [1.54, 1.807) is 50.6 Å². The first-order valence-corrected chi connectivity index (χ1v) is 7.95. The van der Waals surface area contributed by atoms with Crippen molar-refractivity contribution in [1.29, 1.82) is 0 Å². The third-order valence-electron chi connectivity index (χ3n) is 3.64. The van der Waals surface area contributed by atoms with Gasteiger partial charge in [-0.25, -0.2) is 0 Å². The monoisotopic (exact) mass is 342 g/mol. The van der Waals surface area contributed by atoms with E-state index in [2.05, 4.69) is 10.6 Å². The highest BCUT2D eigenvalue weighted by atomic mass is 16.5. The summed E-state index contributed by atoms with van der Waals surface area (Å²) < 4.78 is 10.5. The third-order valence-corrected chi connectivity index (χ3v) is 3.64. The molecule has 6 nitrogen and oxygen atoms in total. The van der Waals surface area contributed by atoms with Crippen LogP contribution in [-0.2, 0) is 11.3 Å². The molecule has 0 radical (unpaired) electrons. The molecule has 6 heteroatoms. The molecule has 0 aliphatic heterocycles. The molecule has 0 aliphatic carbocycles. The SMILES string of the molecule is COc1ccc(OC)c(CNC(=O)CCNC(=O)c2ccccc2)c1. The van der Waals surface area contributed by atoms with E-state index in [1.807, 2.05) is 12.1 Å². The molecule has 0 saturated heterocycles. The van der Waals surface area contributed by atoms with Gasteiger partial charge in [-0.1, -0.05) is 18.2 Å². The summed E-state index contributed by atoms with van der Waals surface area (Å²) in [6, 6.07) is 14.3. The molecule has 132 valence electrons. The summed E-state index contributed by atoms with van der Waals surface area (Å²) in [5.41, 5.74) is 1.40. The van der Waals surface area contributed by atoms with Crippen LogP contribution in [0.2, 0.25) is 0 Å². The van der Waals surface area contributed by atoms with Gasteiger partial charge in [0.05, 0.1) is 14.2 Å². The van der Waals surface area contributed by atoms with Gasteiger partial charge in [-0.05, 0) is 30.3 Å². The van der Waals surface area contributed by atoms with E-state index in [-0.39, 0.29) is 24.8 Å². The lowest BCUT2D eigenvalue weighted by Gasteiger charge is -2.11. The van der Waals surface area contributed by atoms with Gasteiger partial charge in [0, 0.05) is 30.6 Å². The van der Waals surface area contributed by atoms with Gasteiger partial charge in [0.25, 0.3) is 5.91 Å².